The number of carbonyl (C=O) groups excluding carboxylic acids is 1. The Hall–Kier alpha value is -2.08. The van der Waals surface area contributed by atoms with Crippen molar-refractivity contribution in [2.24, 2.45) is 0 Å². The molecule has 0 atom stereocenters. The molecule has 0 spiro atoms. The minimum absolute atomic E-state index is 0.0787. The quantitative estimate of drug-likeness (QED) is 0.706. The number of ether oxygens (including phenoxy) is 1. The Morgan fingerprint density at radius 3 is 2.62 bits per heavy atom. The Balaban J connectivity index is 1.68. The molecule has 0 aliphatic heterocycles. The van der Waals surface area contributed by atoms with Crippen LogP contribution < -0.4 is 10.1 Å². The average Bonchev–Trinajstić information content (AvgIpc) is 2.55. The van der Waals surface area contributed by atoms with Crippen molar-refractivity contribution in [2.45, 2.75) is 19.3 Å². The van der Waals surface area contributed by atoms with Crippen molar-refractivity contribution in [1.82, 2.24) is 5.32 Å². The fraction of sp³-hybridized carbons (Fsp3) is 0.389. The topological polar surface area (TPSA) is 72.5 Å². The van der Waals surface area contributed by atoms with Crippen molar-refractivity contribution >= 4 is 26.5 Å². The smallest absolute Gasteiger partial charge is 0.220 e. The zero-order chi connectivity index (χ0) is 17.4. The molecule has 1 N–H and O–H groups in total. The van der Waals surface area contributed by atoms with Gasteiger partial charge in [-0.1, -0.05) is 36.4 Å². The van der Waals surface area contributed by atoms with Gasteiger partial charge in [-0.25, -0.2) is 8.42 Å². The second kappa shape index (κ2) is 8.68. The van der Waals surface area contributed by atoms with Crippen molar-refractivity contribution in [3.05, 3.63) is 42.5 Å². The predicted molar refractivity (Wildman–Crippen MR) is 96.0 cm³/mol. The molecular weight excluding hydrogens is 326 g/mol. The van der Waals surface area contributed by atoms with E-state index in [9.17, 15) is 13.2 Å². The number of hydrogen-bond acceptors (Lipinski definition) is 4. The minimum atomic E-state index is -2.96. The van der Waals surface area contributed by atoms with Crippen LogP contribution in [0.5, 0.6) is 5.75 Å². The van der Waals surface area contributed by atoms with Gasteiger partial charge in [0.25, 0.3) is 0 Å². The predicted octanol–water partition coefficient (Wildman–Crippen LogP) is 2.55. The van der Waals surface area contributed by atoms with Gasteiger partial charge in [-0.3, -0.25) is 4.79 Å². The first kappa shape index (κ1) is 18.3. The van der Waals surface area contributed by atoms with Crippen LogP contribution in [-0.2, 0) is 14.6 Å². The van der Waals surface area contributed by atoms with Crippen molar-refractivity contribution in [3.8, 4) is 5.75 Å². The van der Waals surface area contributed by atoms with Crippen LogP contribution in [0.1, 0.15) is 19.3 Å². The highest BCUT2D eigenvalue weighted by Gasteiger charge is 2.05. The van der Waals surface area contributed by atoms with Crippen LogP contribution in [0.3, 0.4) is 0 Å². The molecule has 2 aromatic rings. The van der Waals surface area contributed by atoms with Crippen LogP contribution in [0.2, 0.25) is 0 Å². The molecule has 0 radical (unpaired) electrons. The number of amides is 1. The summed E-state index contributed by atoms with van der Waals surface area (Å²) < 4.78 is 27.8. The fourth-order valence-electron chi connectivity index (χ4n) is 2.39. The number of fused-ring (bicyclic) bond motifs is 1. The van der Waals surface area contributed by atoms with Crippen molar-refractivity contribution in [3.63, 3.8) is 0 Å². The molecule has 5 nitrogen and oxygen atoms in total. The molecule has 0 aromatic heterocycles. The van der Waals surface area contributed by atoms with Crippen molar-refractivity contribution < 1.29 is 17.9 Å². The summed E-state index contributed by atoms with van der Waals surface area (Å²) in [7, 11) is -2.96. The van der Waals surface area contributed by atoms with Crippen LogP contribution in [0, 0.1) is 0 Å². The molecule has 0 unspecified atom stereocenters. The van der Waals surface area contributed by atoms with Gasteiger partial charge >= 0.3 is 0 Å². The Kier molecular flexibility index (Phi) is 6.61. The van der Waals surface area contributed by atoms with Gasteiger partial charge in [-0.2, -0.15) is 0 Å². The van der Waals surface area contributed by atoms with Crippen LogP contribution in [-0.4, -0.2) is 39.5 Å². The first-order chi connectivity index (χ1) is 11.5. The lowest BCUT2D eigenvalue weighted by atomic mass is 10.1. The summed E-state index contributed by atoms with van der Waals surface area (Å²) in [6, 6.07) is 13.9. The first-order valence-electron chi connectivity index (χ1n) is 8.01. The minimum Gasteiger partial charge on any atom is -0.493 e. The second-order valence-electron chi connectivity index (χ2n) is 5.76. The Morgan fingerprint density at radius 1 is 1.08 bits per heavy atom. The number of rotatable bonds is 9. The van der Waals surface area contributed by atoms with Crippen molar-refractivity contribution in [2.75, 3.05) is 25.2 Å². The molecule has 0 aliphatic rings. The van der Waals surface area contributed by atoms with Crippen LogP contribution >= 0.6 is 0 Å². The van der Waals surface area contributed by atoms with E-state index in [0.29, 0.717) is 32.4 Å². The molecule has 24 heavy (non-hydrogen) atoms. The number of hydrogen-bond donors (Lipinski definition) is 1. The Bertz CT molecular complexity index is 781. The number of sulfone groups is 1. The highest BCUT2D eigenvalue weighted by atomic mass is 32.2. The molecule has 0 aliphatic carbocycles. The fourth-order valence-corrected chi connectivity index (χ4v) is 3.06. The maximum absolute atomic E-state index is 11.7. The van der Waals surface area contributed by atoms with Gasteiger partial charge in [0.15, 0.2) is 0 Å². The summed E-state index contributed by atoms with van der Waals surface area (Å²) in [5.74, 6) is 0.837. The summed E-state index contributed by atoms with van der Waals surface area (Å²) in [4.78, 5) is 11.7. The summed E-state index contributed by atoms with van der Waals surface area (Å²) in [5.41, 5.74) is 0. The third kappa shape index (κ3) is 6.20. The van der Waals surface area contributed by atoms with Gasteiger partial charge in [-0.05, 0) is 24.3 Å². The van der Waals surface area contributed by atoms with E-state index in [0.717, 1.165) is 16.5 Å². The second-order valence-corrected chi connectivity index (χ2v) is 8.02. The summed E-state index contributed by atoms with van der Waals surface area (Å²) >= 11 is 0. The molecular formula is C18H23NO4S. The molecule has 0 saturated carbocycles. The standard InChI is InChI=1S/C18H23NO4S/c1-24(21,22)14-6-12-19-18(20)11-5-13-23-17-10-4-8-15-7-2-3-9-16(15)17/h2-4,7-10H,5-6,11-14H2,1H3,(H,19,20). The van der Waals surface area contributed by atoms with E-state index in [2.05, 4.69) is 5.32 Å². The molecule has 0 bridgehead atoms. The van der Waals surface area contributed by atoms with Crippen LogP contribution in [0.15, 0.2) is 42.5 Å². The van der Waals surface area contributed by atoms with E-state index in [1.54, 1.807) is 0 Å². The first-order valence-corrected chi connectivity index (χ1v) is 10.1. The Morgan fingerprint density at radius 2 is 1.83 bits per heavy atom. The molecule has 2 aromatic carbocycles. The van der Waals surface area contributed by atoms with Gasteiger partial charge < -0.3 is 10.1 Å². The van der Waals surface area contributed by atoms with Crippen LogP contribution in [0.25, 0.3) is 10.8 Å². The van der Waals surface area contributed by atoms with E-state index in [1.165, 1.54) is 6.26 Å². The normalized spacial score (nSPS) is 11.4. The summed E-state index contributed by atoms with van der Waals surface area (Å²) in [5, 5.41) is 4.91. The van der Waals surface area contributed by atoms with E-state index in [-0.39, 0.29) is 11.7 Å². The highest BCUT2D eigenvalue weighted by molar-refractivity contribution is 7.90. The molecule has 1 amide bonds. The average molecular weight is 349 g/mol. The van der Waals surface area contributed by atoms with E-state index >= 15 is 0 Å². The highest BCUT2D eigenvalue weighted by Crippen LogP contribution is 2.25. The van der Waals surface area contributed by atoms with Gasteiger partial charge in [0.2, 0.25) is 5.91 Å². The lowest BCUT2D eigenvalue weighted by Gasteiger charge is -2.09. The maximum atomic E-state index is 11.7. The Labute approximate surface area is 142 Å². The lowest BCUT2D eigenvalue weighted by molar-refractivity contribution is -0.121. The van der Waals surface area contributed by atoms with Gasteiger partial charge in [-0.15, -0.1) is 0 Å². The molecule has 0 heterocycles. The summed E-state index contributed by atoms with van der Waals surface area (Å²) in [6.45, 7) is 0.848. The molecule has 6 heteroatoms. The lowest BCUT2D eigenvalue weighted by Crippen LogP contribution is -2.26. The molecule has 0 fully saturated rings. The molecule has 130 valence electrons. The van der Waals surface area contributed by atoms with E-state index in [1.807, 2.05) is 42.5 Å². The molecule has 2 rings (SSSR count). The van der Waals surface area contributed by atoms with Crippen molar-refractivity contribution in [1.29, 1.82) is 0 Å². The third-order valence-electron chi connectivity index (χ3n) is 3.57. The zero-order valence-electron chi connectivity index (χ0n) is 13.8. The van der Waals surface area contributed by atoms with Gasteiger partial charge in [0.1, 0.15) is 15.6 Å². The van der Waals surface area contributed by atoms with Crippen LogP contribution in [0.4, 0.5) is 0 Å². The van der Waals surface area contributed by atoms with Gasteiger partial charge in [0.05, 0.1) is 12.4 Å². The largest absolute Gasteiger partial charge is 0.493 e. The maximum Gasteiger partial charge on any atom is 0.220 e. The number of carbonyl (C=O) groups is 1. The monoisotopic (exact) mass is 349 g/mol. The zero-order valence-corrected chi connectivity index (χ0v) is 14.6. The number of benzene rings is 2. The summed E-state index contributed by atoms with van der Waals surface area (Å²) in [6.07, 6.45) is 2.61. The number of nitrogens with one attached hydrogen (secondary N) is 1. The van der Waals surface area contributed by atoms with E-state index in [4.69, 9.17) is 4.74 Å². The SMILES string of the molecule is CS(=O)(=O)CCCNC(=O)CCCOc1cccc2ccccc12. The third-order valence-corrected chi connectivity index (χ3v) is 4.60. The van der Waals surface area contributed by atoms with Gasteiger partial charge in [0, 0.05) is 24.6 Å². The van der Waals surface area contributed by atoms with E-state index < -0.39 is 9.84 Å². The molecule has 0 saturated heterocycles.